The van der Waals surface area contributed by atoms with Crippen molar-refractivity contribution in [1.82, 2.24) is 4.57 Å². The van der Waals surface area contributed by atoms with Crippen molar-refractivity contribution in [3.05, 3.63) is 41.9 Å². The van der Waals surface area contributed by atoms with E-state index in [9.17, 15) is 0 Å². The van der Waals surface area contributed by atoms with Crippen LogP contribution in [0.2, 0.25) is 0 Å². The number of hydrogen-bond donors (Lipinski definition) is 2. The molecule has 0 fully saturated rings. The van der Waals surface area contributed by atoms with Crippen molar-refractivity contribution in [2.45, 2.75) is 18.9 Å². The summed E-state index contributed by atoms with van der Waals surface area (Å²) in [5.74, 6) is 0. The fraction of sp³-hybridized carbons (Fsp3) is 0.333. The van der Waals surface area contributed by atoms with Gasteiger partial charge < -0.3 is 16.0 Å². The van der Waals surface area contributed by atoms with E-state index in [1.54, 1.807) is 0 Å². The first-order chi connectivity index (χ1) is 6.99. The van der Waals surface area contributed by atoms with Crippen LogP contribution in [0.5, 0.6) is 0 Å². The Morgan fingerprint density at radius 3 is 2.80 bits per heavy atom. The zero-order valence-corrected chi connectivity index (χ0v) is 9.20. The van der Waals surface area contributed by atoms with Gasteiger partial charge in [-0.3, -0.25) is 0 Å². The van der Waals surface area contributed by atoms with Crippen LogP contribution in [0.1, 0.15) is 19.0 Å². The molecule has 0 amide bonds. The second kappa shape index (κ2) is 3.28. The van der Waals surface area contributed by atoms with Gasteiger partial charge in [0.25, 0.3) is 0 Å². The van der Waals surface area contributed by atoms with Crippen molar-refractivity contribution in [3.63, 3.8) is 0 Å². The van der Waals surface area contributed by atoms with Crippen LogP contribution in [0.15, 0.2) is 36.2 Å². The number of nitrogens with two attached hydrogens (primary N) is 2. The summed E-state index contributed by atoms with van der Waals surface area (Å²) in [4.78, 5) is 0. The zero-order chi connectivity index (χ0) is 11.1. The third-order valence-electron chi connectivity index (χ3n) is 2.77. The summed E-state index contributed by atoms with van der Waals surface area (Å²) < 4.78 is 2.05. The topological polar surface area (TPSA) is 57.0 Å². The van der Waals surface area contributed by atoms with Crippen molar-refractivity contribution in [3.8, 4) is 0 Å². The molecular formula is C12H17N3. The molecule has 0 saturated heterocycles. The minimum absolute atomic E-state index is 0.289. The second-order valence-corrected chi connectivity index (χ2v) is 4.43. The van der Waals surface area contributed by atoms with Gasteiger partial charge in [-0.25, -0.2) is 0 Å². The molecule has 80 valence electrons. The Hall–Kier alpha value is -1.48. The molecule has 0 aliphatic heterocycles. The number of hydrogen-bond acceptors (Lipinski definition) is 2. The van der Waals surface area contributed by atoms with E-state index < -0.39 is 0 Å². The van der Waals surface area contributed by atoms with Crippen molar-refractivity contribution < 1.29 is 0 Å². The van der Waals surface area contributed by atoms with Crippen molar-refractivity contribution >= 4 is 5.57 Å². The van der Waals surface area contributed by atoms with Gasteiger partial charge in [0.15, 0.2) is 0 Å². The standard InChI is InChI=1S/C12H17N3/c1-12(14)6-5-10(13)9(8-12)11-4-3-7-15(11)2/h3-5,7-8H,6,13-14H2,1-2H3. The highest BCUT2D eigenvalue weighted by molar-refractivity contribution is 5.78. The number of aromatic nitrogens is 1. The lowest BCUT2D eigenvalue weighted by Crippen LogP contribution is -2.35. The lowest BCUT2D eigenvalue weighted by molar-refractivity contribution is 0.588. The second-order valence-electron chi connectivity index (χ2n) is 4.43. The molecule has 2 rings (SSSR count). The Bertz CT molecular complexity index is 435. The molecular weight excluding hydrogens is 186 g/mol. The summed E-state index contributed by atoms with van der Waals surface area (Å²) in [7, 11) is 2.01. The highest BCUT2D eigenvalue weighted by Crippen LogP contribution is 2.28. The van der Waals surface area contributed by atoms with Gasteiger partial charge in [-0.2, -0.15) is 0 Å². The molecule has 0 aromatic carbocycles. The smallest absolute Gasteiger partial charge is 0.0495 e. The molecule has 0 saturated carbocycles. The van der Waals surface area contributed by atoms with Gasteiger partial charge >= 0.3 is 0 Å². The Balaban J connectivity index is 2.48. The van der Waals surface area contributed by atoms with E-state index >= 15 is 0 Å². The van der Waals surface area contributed by atoms with Crippen LogP contribution in [-0.2, 0) is 7.05 Å². The fourth-order valence-electron chi connectivity index (χ4n) is 1.87. The largest absolute Gasteiger partial charge is 0.398 e. The van der Waals surface area contributed by atoms with Crippen LogP contribution in [0.25, 0.3) is 5.57 Å². The summed E-state index contributed by atoms with van der Waals surface area (Å²) in [6.45, 7) is 2.01. The highest BCUT2D eigenvalue weighted by atomic mass is 14.9. The fourth-order valence-corrected chi connectivity index (χ4v) is 1.87. The van der Waals surface area contributed by atoms with Gasteiger partial charge in [-0.15, -0.1) is 0 Å². The summed E-state index contributed by atoms with van der Waals surface area (Å²) in [6.07, 6.45) is 6.86. The number of aryl methyl sites for hydroxylation is 1. The Labute approximate surface area is 90.1 Å². The van der Waals surface area contributed by atoms with E-state index in [4.69, 9.17) is 11.5 Å². The van der Waals surface area contributed by atoms with Crippen LogP contribution in [0, 0.1) is 0 Å². The number of rotatable bonds is 1. The summed E-state index contributed by atoms with van der Waals surface area (Å²) in [5.41, 5.74) is 14.8. The number of nitrogens with zero attached hydrogens (tertiary/aromatic N) is 1. The predicted molar refractivity (Wildman–Crippen MR) is 62.9 cm³/mol. The normalized spacial score (nSPS) is 26.1. The molecule has 4 N–H and O–H groups in total. The van der Waals surface area contributed by atoms with Gasteiger partial charge in [0, 0.05) is 35.7 Å². The van der Waals surface area contributed by atoms with E-state index in [0.29, 0.717) is 0 Å². The molecule has 1 atom stereocenters. The molecule has 1 unspecified atom stereocenters. The van der Waals surface area contributed by atoms with Crippen molar-refractivity contribution in [1.29, 1.82) is 0 Å². The van der Waals surface area contributed by atoms with Crippen molar-refractivity contribution in [2.24, 2.45) is 18.5 Å². The molecule has 0 radical (unpaired) electrons. The van der Waals surface area contributed by atoms with Gasteiger partial charge in [0.05, 0.1) is 0 Å². The van der Waals surface area contributed by atoms with Gasteiger partial charge in [-0.1, -0.05) is 12.2 Å². The lowest BCUT2D eigenvalue weighted by atomic mass is 9.88. The van der Waals surface area contributed by atoms with Crippen LogP contribution in [0.3, 0.4) is 0 Å². The van der Waals surface area contributed by atoms with Crippen LogP contribution < -0.4 is 11.5 Å². The minimum Gasteiger partial charge on any atom is -0.398 e. The first-order valence-electron chi connectivity index (χ1n) is 5.09. The van der Waals surface area contributed by atoms with E-state index in [1.807, 2.05) is 42.9 Å². The molecule has 1 aliphatic rings. The number of allylic oxidation sites excluding steroid dienone is 1. The predicted octanol–water partition coefficient (Wildman–Crippen LogP) is 1.37. The van der Waals surface area contributed by atoms with E-state index in [2.05, 4.69) is 6.08 Å². The molecule has 1 heterocycles. The third kappa shape index (κ3) is 1.83. The van der Waals surface area contributed by atoms with Gasteiger partial charge in [-0.05, 0) is 25.5 Å². The van der Waals surface area contributed by atoms with E-state index in [-0.39, 0.29) is 5.54 Å². The van der Waals surface area contributed by atoms with Crippen molar-refractivity contribution in [2.75, 3.05) is 0 Å². The first kappa shape index (κ1) is 10.1. The summed E-state index contributed by atoms with van der Waals surface area (Å²) in [5, 5.41) is 0. The maximum absolute atomic E-state index is 6.10. The molecule has 1 aromatic heterocycles. The zero-order valence-electron chi connectivity index (χ0n) is 9.20. The maximum atomic E-state index is 6.10. The van der Waals surface area contributed by atoms with Gasteiger partial charge in [0.2, 0.25) is 0 Å². The molecule has 1 aliphatic carbocycles. The quantitative estimate of drug-likeness (QED) is 0.724. The average molecular weight is 203 g/mol. The Morgan fingerprint density at radius 2 is 2.20 bits per heavy atom. The molecule has 0 spiro atoms. The van der Waals surface area contributed by atoms with E-state index in [1.165, 1.54) is 0 Å². The minimum atomic E-state index is -0.289. The highest BCUT2D eigenvalue weighted by Gasteiger charge is 2.22. The summed E-state index contributed by atoms with van der Waals surface area (Å²) in [6, 6.07) is 4.06. The average Bonchev–Trinajstić information content (AvgIpc) is 2.56. The lowest BCUT2D eigenvalue weighted by Gasteiger charge is -2.26. The molecule has 3 nitrogen and oxygen atoms in total. The molecule has 15 heavy (non-hydrogen) atoms. The first-order valence-corrected chi connectivity index (χ1v) is 5.09. The Kier molecular flexibility index (Phi) is 2.20. The van der Waals surface area contributed by atoms with Crippen LogP contribution in [0.4, 0.5) is 0 Å². The maximum Gasteiger partial charge on any atom is 0.0495 e. The molecule has 1 aromatic rings. The summed E-state index contributed by atoms with van der Waals surface area (Å²) >= 11 is 0. The molecule has 3 heteroatoms. The van der Waals surface area contributed by atoms with Crippen LogP contribution in [-0.4, -0.2) is 10.1 Å². The SMILES string of the molecule is Cn1cccc1C1=CC(C)(N)CC=C1N. The Morgan fingerprint density at radius 1 is 1.47 bits per heavy atom. The van der Waals surface area contributed by atoms with Gasteiger partial charge in [0.1, 0.15) is 0 Å². The van der Waals surface area contributed by atoms with E-state index in [0.717, 1.165) is 23.4 Å². The molecule has 0 bridgehead atoms. The monoisotopic (exact) mass is 203 g/mol. The third-order valence-corrected chi connectivity index (χ3v) is 2.77. The van der Waals surface area contributed by atoms with Crippen LogP contribution >= 0.6 is 0 Å².